The van der Waals surface area contributed by atoms with Gasteiger partial charge in [0.2, 0.25) is 0 Å². The number of hydrogen-bond acceptors (Lipinski definition) is 5. The third kappa shape index (κ3) is 4.26. The van der Waals surface area contributed by atoms with E-state index < -0.39 is 6.10 Å². The third-order valence-electron chi connectivity index (χ3n) is 4.29. The number of nitrogens with two attached hydrogens (primary N) is 1. The van der Waals surface area contributed by atoms with E-state index in [1.165, 1.54) is 0 Å². The number of ether oxygens (including phenoxy) is 1. The fourth-order valence-corrected chi connectivity index (χ4v) is 2.57. The number of benzene rings is 2. The summed E-state index contributed by atoms with van der Waals surface area (Å²) in [5, 5.41) is 19.3. The largest absolute Gasteiger partial charge is 0.508 e. The van der Waals surface area contributed by atoms with Crippen molar-refractivity contribution >= 4 is 0 Å². The topological polar surface area (TPSA) is 87.7 Å². The summed E-state index contributed by atoms with van der Waals surface area (Å²) in [6, 6.07) is 13.5. The van der Waals surface area contributed by atoms with Gasteiger partial charge in [-0.05, 0) is 41.8 Å². The maximum absolute atomic E-state index is 9.71. The Morgan fingerprint density at radius 1 is 1.12 bits per heavy atom. The Kier molecular flexibility index (Phi) is 5.83. The number of aliphatic hydroxyl groups is 1. The van der Waals surface area contributed by atoms with Crippen LogP contribution in [0.15, 0.2) is 42.5 Å². The van der Waals surface area contributed by atoms with Crippen molar-refractivity contribution in [2.45, 2.75) is 32.3 Å². The molecule has 1 atom stereocenters. The highest BCUT2D eigenvalue weighted by Crippen LogP contribution is 2.34. The number of phenols is 1. The van der Waals surface area contributed by atoms with E-state index in [0.29, 0.717) is 11.5 Å². The average molecular weight is 330 g/mol. The van der Waals surface area contributed by atoms with Crippen molar-refractivity contribution in [3.8, 4) is 11.5 Å². The van der Waals surface area contributed by atoms with Gasteiger partial charge < -0.3 is 14.9 Å². The summed E-state index contributed by atoms with van der Waals surface area (Å²) < 4.78 is 5.55. The first-order valence-corrected chi connectivity index (χ1v) is 7.99. The molecule has 130 valence electrons. The van der Waals surface area contributed by atoms with Gasteiger partial charge in [0.25, 0.3) is 0 Å². The number of hydrazine groups is 1. The van der Waals surface area contributed by atoms with Crippen molar-refractivity contribution in [1.29, 1.82) is 0 Å². The van der Waals surface area contributed by atoms with Gasteiger partial charge in [-0.3, -0.25) is 11.3 Å². The standard InChI is InChI=1S/C19H26N2O3/c1-13-10-15(6-9-18(13)23)19(2,3)14-4-7-17(8-5-14)24-12-16(22)11-21-20/h4-10,16,21-23H,11-12,20H2,1-3H3. The molecule has 5 nitrogen and oxygen atoms in total. The molecule has 2 rings (SSSR count). The van der Waals surface area contributed by atoms with E-state index in [4.69, 9.17) is 10.6 Å². The highest BCUT2D eigenvalue weighted by atomic mass is 16.5. The van der Waals surface area contributed by atoms with Crippen LogP contribution >= 0.6 is 0 Å². The van der Waals surface area contributed by atoms with Crippen LogP contribution in [0.4, 0.5) is 0 Å². The molecule has 0 aliphatic heterocycles. The lowest BCUT2D eigenvalue weighted by Crippen LogP contribution is -2.35. The monoisotopic (exact) mass is 330 g/mol. The maximum atomic E-state index is 9.71. The van der Waals surface area contributed by atoms with Gasteiger partial charge in [0, 0.05) is 12.0 Å². The predicted molar refractivity (Wildman–Crippen MR) is 95.1 cm³/mol. The Morgan fingerprint density at radius 2 is 1.75 bits per heavy atom. The number of phenolic OH excluding ortho intramolecular Hbond substituents is 1. The first-order valence-electron chi connectivity index (χ1n) is 7.99. The van der Waals surface area contributed by atoms with Gasteiger partial charge >= 0.3 is 0 Å². The van der Waals surface area contributed by atoms with Gasteiger partial charge in [-0.15, -0.1) is 0 Å². The highest BCUT2D eigenvalue weighted by Gasteiger charge is 2.23. The van der Waals surface area contributed by atoms with Gasteiger partial charge in [0.05, 0.1) is 0 Å². The molecular formula is C19H26N2O3. The Morgan fingerprint density at radius 3 is 2.33 bits per heavy atom. The van der Waals surface area contributed by atoms with E-state index in [0.717, 1.165) is 16.7 Å². The van der Waals surface area contributed by atoms with E-state index in [9.17, 15) is 10.2 Å². The van der Waals surface area contributed by atoms with Gasteiger partial charge in [-0.1, -0.05) is 38.1 Å². The minimum Gasteiger partial charge on any atom is -0.508 e. The van der Waals surface area contributed by atoms with Crippen LogP contribution in [-0.4, -0.2) is 29.5 Å². The van der Waals surface area contributed by atoms with E-state index in [2.05, 4.69) is 19.3 Å². The van der Waals surface area contributed by atoms with Crippen LogP contribution in [0.3, 0.4) is 0 Å². The molecule has 0 bridgehead atoms. The molecule has 0 radical (unpaired) electrons. The molecule has 0 saturated heterocycles. The summed E-state index contributed by atoms with van der Waals surface area (Å²) in [5.74, 6) is 6.17. The number of aryl methyl sites for hydroxylation is 1. The van der Waals surface area contributed by atoms with E-state index in [1.54, 1.807) is 6.07 Å². The second-order valence-corrected chi connectivity index (χ2v) is 6.52. The minimum absolute atomic E-state index is 0.185. The summed E-state index contributed by atoms with van der Waals surface area (Å²) in [4.78, 5) is 0. The number of rotatable bonds is 7. The number of nitrogens with one attached hydrogen (secondary N) is 1. The quantitative estimate of drug-likeness (QED) is 0.462. The van der Waals surface area contributed by atoms with Crippen molar-refractivity contribution in [3.05, 3.63) is 59.2 Å². The summed E-state index contributed by atoms with van der Waals surface area (Å²) in [6.07, 6.45) is -0.647. The number of aromatic hydroxyl groups is 1. The van der Waals surface area contributed by atoms with E-state index in [-0.39, 0.29) is 18.6 Å². The van der Waals surface area contributed by atoms with Gasteiger partial charge in [0.1, 0.15) is 24.2 Å². The van der Waals surface area contributed by atoms with Gasteiger partial charge in [-0.25, -0.2) is 0 Å². The summed E-state index contributed by atoms with van der Waals surface area (Å²) in [5.41, 5.74) is 5.36. The molecular weight excluding hydrogens is 304 g/mol. The molecule has 5 N–H and O–H groups in total. The molecule has 0 fully saturated rings. The Balaban J connectivity index is 2.12. The Hall–Kier alpha value is -2.08. The Bertz CT molecular complexity index is 669. The molecule has 24 heavy (non-hydrogen) atoms. The molecule has 0 aromatic heterocycles. The highest BCUT2D eigenvalue weighted by molar-refractivity contribution is 5.44. The van der Waals surface area contributed by atoms with Gasteiger partial charge in [0.15, 0.2) is 0 Å². The first kappa shape index (κ1) is 18.3. The normalized spacial score (nSPS) is 12.9. The summed E-state index contributed by atoms with van der Waals surface area (Å²) >= 11 is 0. The van der Waals surface area contributed by atoms with E-state index >= 15 is 0 Å². The van der Waals surface area contributed by atoms with Crippen LogP contribution in [-0.2, 0) is 5.41 Å². The molecule has 1 unspecified atom stereocenters. The van der Waals surface area contributed by atoms with Crippen molar-refractivity contribution in [2.75, 3.05) is 13.2 Å². The van der Waals surface area contributed by atoms with Crippen LogP contribution < -0.4 is 16.0 Å². The molecule has 0 aliphatic carbocycles. The second-order valence-electron chi connectivity index (χ2n) is 6.52. The second kappa shape index (κ2) is 7.66. The molecule has 0 saturated carbocycles. The SMILES string of the molecule is Cc1cc(C(C)(C)c2ccc(OCC(O)CNN)cc2)ccc1O. The lowest BCUT2D eigenvalue weighted by atomic mass is 9.77. The van der Waals surface area contributed by atoms with Crippen LogP contribution in [0.25, 0.3) is 0 Å². The molecule has 0 aliphatic rings. The molecule has 0 spiro atoms. The molecule has 2 aromatic carbocycles. The van der Waals surface area contributed by atoms with Crippen molar-refractivity contribution < 1.29 is 14.9 Å². The smallest absolute Gasteiger partial charge is 0.119 e. The van der Waals surface area contributed by atoms with Crippen LogP contribution in [0.5, 0.6) is 11.5 Å². The van der Waals surface area contributed by atoms with Crippen LogP contribution in [0, 0.1) is 6.92 Å². The zero-order valence-corrected chi connectivity index (χ0v) is 14.4. The predicted octanol–water partition coefficient (Wildman–Crippen LogP) is 2.23. The molecule has 2 aromatic rings. The summed E-state index contributed by atoms with van der Waals surface area (Å²) in [7, 11) is 0. The summed E-state index contributed by atoms with van der Waals surface area (Å²) in [6.45, 7) is 6.65. The molecule has 0 heterocycles. The van der Waals surface area contributed by atoms with Crippen LogP contribution in [0.2, 0.25) is 0 Å². The zero-order chi connectivity index (χ0) is 17.7. The van der Waals surface area contributed by atoms with E-state index in [1.807, 2.05) is 43.3 Å². The average Bonchev–Trinajstić information content (AvgIpc) is 2.56. The number of aliphatic hydroxyl groups excluding tert-OH is 1. The third-order valence-corrected chi connectivity index (χ3v) is 4.29. The zero-order valence-electron chi connectivity index (χ0n) is 14.4. The lowest BCUT2D eigenvalue weighted by Gasteiger charge is -2.27. The van der Waals surface area contributed by atoms with Crippen molar-refractivity contribution in [3.63, 3.8) is 0 Å². The first-order chi connectivity index (χ1) is 11.3. The van der Waals surface area contributed by atoms with Gasteiger partial charge in [-0.2, -0.15) is 0 Å². The lowest BCUT2D eigenvalue weighted by molar-refractivity contribution is 0.106. The Labute approximate surface area is 143 Å². The van der Waals surface area contributed by atoms with Crippen LogP contribution in [0.1, 0.15) is 30.5 Å². The maximum Gasteiger partial charge on any atom is 0.119 e. The molecule has 5 heteroatoms. The minimum atomic E-state index is -0.647. The fourth-order valence-electron chi connectivity index (χ4n) is 2.57. The number of hydrogen-bond donors (Lipinski definition) is 4. The molecule has 0 amide bonds. The fraction of sp³-hybridized carbons (Fsp3) is 0.368. The van der Waals surface area contributed by atoms with Crippen molar-refractivity contribution in [2.24, 2.45) is 5.84 Å². The van der Waals surface area contributed by atoms with Crippen molar-refractivity contribution in [1.82, 2.24) is 5.43 Å².